The van der Waals surface area contributed by atoms with E-state index in [1.165, 1.54) is 19.3 Å². The van der Waals surface area contributed by atoms with E-state index in [4.69, 9.17) is 34.7 Å². The normalized spacial score (nSPS) is 13.8. The molecule has 0 spiro atoms. The van der Waals surface area contributed by atoms with Crippen LogP contribution in [0.15, 0.2) is 17.1 Å². The molecule has 1 aliphatic rings. The minimum Gasteiger partial charge on any atom is -0.398 e. The van der Waals surface area contributed by atoms with Crippen LogP contribution in [0.25, 0.3) is 16.6 Å². The van der Waals surface area contributed by atoms with Gasteiger partial charge in [-0.1, -0.05) is 55.3 Å². The summed E-state index contributed by atoms with van der Waals surface area (Å²) < 4.78 is 0. The Morgan fingerprint density at radius 2 is 1.87 bits per heavy atom. The number of aliphatic hydroxyl groups is 1. The smallest absolute Gasteiger partial charge is 0.248 e. The number of unbranched alkanes of at least 4 members (excludes halogenated alkanes) is 6. The first kappa shape index (κ1) is 30.9. The fraction of sp³-hybridized carbons (Fsp3) is 0.536. The number of rotatable bonds is 15. The molecule has 0 radical (unpaired) electrons. The maximum Gasteiger partial charge on any atom is 0.248 e. The number of halogens is 2. The maximum absolute atomic E-state index is 12.1. The number of aliphatic hydroxyl groups excluding tert-OH is 1. The Kier molecular flexibility index (Phi) is 12.6. The molecular formula is C28H40Cl2N6O3. The Hall–Kier alpha value is -2.59. The molecule has 7 N–H and O–H groups in total. The van der Waals surface area contributed by atoms with Gasteiger partial charge >= 0.3 is 0 Å². The van der Waals surface area contributed by atoms with Gasteiger partial charge in [0.25, 0.3) is 0 Å². The van der Waals surface area contributed by atoms with Gasteiger partial charge in [-0.3, -0.25) is 14.6 Å². The van der Waals surface area contributed by atoms with Crippen LogP contribution in [0.4, 0.5) is 0 Å². The van der Waals surface area contributed by atoms with E-state index in [0.717, 1.165) is 48.9 Å². The van der Waals surface area contributed by atoms with Crippen LogP contribution in [0.5, 0.6) is 0 Å². The van der Waals surface area contributed by atoms with E-state index in [9.17, 15) is 14.7 Å². The van der Waals surface area contributed by atoms with Gasteiger partial charge < -0.3 is 31.8 Å². The van der Waals surface area contributed by atoms with Crippen molar-refractivity contribution >= 4 is 57.8 Å². The summed E-state index contributed by atoms with van der Waals surface area (Å²) in [6.07, 6.45) is 12.3. The summed E-state index contributed by atoms with van der Waals surface area (Å²) >= 11 is 12.9. The minimum absolute atomic E-state index is 0.0486. The predicted octanol–water partition coefficient (Wildman–Crippen LogP) is 3.92. The zero-order valence-electron chi connectivity index (χ0n) is 22.4. The number of H-pyrrole nitrogens is 1. The van der Waals surface area contributed by atoms with Crippen molar-refractivity contribution in [3.8, 4) is 0 Å². The summed E-state index contributed by atoms with van der Waals surface area (Å²) in [5.41, 5.74) is 15.6. The van der Waals surface area contributed by atoms with Crippen molar-refractivity contribution in [2.45, 2.75) is 64.3 Å². The van der Waals surface area contributed by atoms with Crippen LogP contribution in [0.1, 0.15) is 68.2 Å². The highest BCUT2D eigenvalue weighted by Crippen LogP contribution is 2.39. The molecule has 3 rings (SSSR count). The highest BCUT2D eigenvalue weighted by atomic mass is 35.5. The number of fused-ring (bicyclic) bond motifs is 3. The fourth-order valence-electron chi connectivity index (χ4n) is 4.84. The molecule has 1 aromatic heterocycles. The third kappa shape index (κ3) is 8.70. The van der Waals surface area contributed by atoms with E-state index in [1.54, 1.807) is 23.3 Å². The van der Waals surface area contributed by atoms with Gasteiger partial charge in [0.2, 0.25) is 11.8 Å². The Morgan fingerprint density at radius 3 is 2.59 bits per heavy atom. The van der Waals surface area contributed by atoms with Gasteiger partial charge in [-0.05, 0) is 31.5 Å². The molecule has 0 saturated heterocycles. The number of nitrogens with one attached hydrogen (secondary N) is 2. The number of aromatic amines is 1. The number of benzene rings is 1. The van der Waals surface area contributed by atoms with Gasteiger partial charge in [0.1, 0.15) is 6.61 Å². The van der Waals surface area contributed by atoms with Crippen molar-refractivity contribution in [2.75, 3.05) is 32.8 Å². The van der Waals surface area contributed by atoms with Crippen LogP contribution in [0.3, 0.4) is 0 Å². The van der Waals surface area contributed by atoms with Crippen molar-refractivity contribution in [3.05, 3.63) is 39.0 Å². The van der Waals surface area contributed by atoms with E-state index in [0.29, 0.717) is 65.8 Å². The lowest BCUT2D eigenvalue weighted by Crippen LogP contribution is -2.37. The summed E-state index contributed by atoms with van der Waals surface area (Å²) in [5.74, 6) is -0.277. The van der Waals surface area contributed by atoms with Gasteiger partial charge in [0.05, 0.1) is 22.1 Å². The van der Waals surface area contributed by atoms with E-state index in [-0.39, 0.29) is 11.8 Å². The Labute approximate surface area is 240 Å². The molecule has 214 valence electrons. The number of allylic oxidation sites excluding steroid dienone is 1. The fourth-order valence-corrected chi connectivity index (χ4v) is 5.24. The van der Waals surface area contributed by atoms with E-state index < -0.39 is 6.61 Å². The number of nitrogens with zero attached hydrogens (tertiary/aromatic N) is 2. The first-order chi connectivity index (χ1) is 18.9. The molecule has 0 saturated carbocycles. The molecule has 11 heteroatoms. The van der Waals surface area contributed by atoms with E-state index in [1.807, 2.05) is 0 Å². The Bertz CT molecular complexity index is 1190. The lowest BCUT2D eigenvalue weighted by atomic mass is 9.99. The molecule has 0 aliphatic carbocycles. The van der Waals surface area contributed by atoms with Crippen molar-refractivity contribution in [3.63, 3.8) is 0 Å². The lowest BCUT2D eigenvalue weighted by Gasteiger charge is -2.27. The molecule has 0 atom stereocenters. The molecule has 39 heavy (non-hydrogen) atoms. The third-order valence-electron chi connectivity index (χ3n) is 6.97. The zero-order chi connectivity index (χ0) is 28.2. The first-order valence-electron chi connectivity index (χ1n) is 13.7. The predicted molar refractivity (Wildman–Crippen MR) is 159 cm³/mol. The van der Waals surface area contributed by atoms with Crippen LogP contribution in [-0.4, -0.2) is 65.8 Å². The van der Waals surface area contributed by atoms with E-state index in [2.05, 4.69) is 15.3 Å². The lowest BCUT2D eigenvalue weighted by molar-refractivity contribution is -0.135. The number of hydrogen-bond acceptors (Lipinski definition) is 6. The highest BCUT2D eigenvalue weighted by molar-refractivity contribution is 6.45. The number of hydrogen-bond donors (Lipinski definition) is 5. The molecule has 0 unspecified atom stereocenters. The average Bonchev–Trinajstić information content (AvgIpc) is 3.32. The Balaban J connectivity index is 1.53. The maximum atomic E-state index is 12.1. The number of aromatic nitrogens is 1. The van der Waals surface area contributed by atoms with Crippen LogP contribution >= 0.6 is 23.2 Å². The van der Waals surface area contributed by atoms with Gasteiger partial charge in [0, 0.05) is 66.6 Å². The molecule has 2 aromatic rings. The second-order valence-electron chi connectivity index (χ2n) is 9.82. The second kappa shape index (κ2) is 15.9. The molecule has 9 nitrogen and oxygen atoms in total. The molecule has 1 aliphatic heterocycles. The van der Waals surface area contributed by atoms with Crippen molar-refractivity contribution in [1.82, 2.24) is 15.2 Å². The van der Waals surface area contributed by atoms with Crippen LogP contribution in [-0.2, 0) is 22.6 Å². The third-order valence-corrected chi connectivity index (χ3v) is 7.76. The molecule has 0 fully saturated rings. The van der Waals surface area contributed by atoms with Crippen LogP contribution in [0, 0.1) is 0 Å². The number of amides is 2. The van der Waals surface area contributed by atoms with Gasteiger partial charge in [0.15, 0.2) is 0 Å². The number of carbonyl (C=O) groups is 2. The number of carbonyl (C=O) groups excluding carboxylic acids is 2. The quantitative estimate of drug-likeness (QED) is 0.160. The largest absolute Gasteiger partial charge is 0.398 e. The molecular weight excluding hydrogens is 539 g/mol. The Morgan fingerprint density at radius 1 is 1.15 bits per heavy atom. The van der Waals surface area contributed by atoms with Crippen molar-refractivity contribution in [1.29, 1.82) is 0 Å². The van der Waals surface area contributed by atoms with Crippen LogP contribution in [0.2, 0.25) is 10.0 Å². The zero-order valence-corrected chi connectivity index (χ0v) is 23.9. The standard InChI is InChI=1S/C28H40Cl2N6O3/c29-21-16-19(26-20-17-36(25(39)18-37)15-10-23(20)35-28(26)27(21)30)22(32)9-12-33-13-14-34-24(38)8-6-4-2-1-3-5-7-11-31/h9,12,16,35,37H,1-8,10-11,13-15,17-18,31-32H2,(H,34,38)/b22-9-,33-12?. The van der Waals surface area contributed by atoms with Gasteiger partial charge in [-0.25, -0.2) is 0 Å². The number of nitrogens with two attached hydrogens (primary N) is 2. The van der Waals surface area contributed by atoms with Crippen LogP contribution < -0.4 is 16.8 Å². The summed E-state index contributed by atoms with van der Waals surface area (Å²) in [4.78, 5) is 33.4. The highest BCUT2D eigenvalue weighted by Gasteiger charge is 2.27. The molecule has 2 amide bonds. The summed E-state index contributed by atoms with van der Waals surface area (Å²) in [5, 5.41) is 13.8. The van der Waals surface area contributed by atoms with Crippen molar-refractivity contribution in [2.24, 2.45) is 16.5 Å². The average molecular weight is 580 g/mol. The van der Waals surface area contributed by atoms with Gasteiger partial charge in [-0.2, -0.15) is 0 Å². The molecule has 0 bridgehead atoms. The van der Waals surface area contributed by atoms with Gasteiger partial charge in [-0.15, -0.1) is 0 Å². The summed E-state index contributed by atoms with van der Waals surface area (Å²) in [6.45, 7) is 1.97. The summed E-state index contributed by atoms with van der Waals surface area (Å²) in [6, 6.07) is 1.72. The topological polar surface area (TPSA) is 150 Å². The number of aliphatic imine (C=N–C) groups is 1. The molecule has 2 heterocycles. The second-order valence-corrected chi connectivity index (χ2v) is 10.6. The minimum atomic E-state index is -0.536. The molecule has 1 aromatic carbocycles. The SMILES string of the molecule is NCCCCCCCCCC(=O)NCCN=C/C=C(\N)c1cc(Cl)c(Cl)c2[nH]c3c(c12)CN(C(=O)CO)CC3. The first-order valence-corrected chi connectivity index (χ1v) is 14.5. The van der Waals surface area contributed by atoms with Crippen molar-refractivity contribution < 1.29 is 14.7 Å². The summed E-state index contributed by atoms with van der Waals surface area (Å²) in [7, 11) is 0. The monoisotopic (exact) mass is 578 g/mol. The van der Waals surface area contributed by atoms with E-state index >= 15 is 0 Å².